The molecule has 1 aromatic rings. The molecule has 1 saturated carbocycles. The monoisotopic (exact) mass is 408 g/mol. The van der Waals surface area contributed by atoms with E-state index in [1.165, 1.54) is 0 Å². The van der Waals surface area contributed by atoms with Gasteiger partial charge in [0.2, 0.25) is 0 Å². The van der Waals surface area contributed by atoms with Gasteiger partial charge in [0.15, 0.2) is 0 Å². The summed E-state index contributed by atoms with van der Waals surface area (Å²) in [5, 5.41) is 23.1. The predicted molar refractivity (Wildman–Crippen MR) is 82.8 cm³/mol. The number of carboxylic acids is 1. The Bertz CT molecular complexity index is 582. The summed E-state index contributed by atoms with van der Waals surface area (Å²) in [5.74, 6) is -2.10. The molecule has 1 fully saturated rings. The molecule has 21 heavy (non-hydrogen) atoms. The van der Waals surface area contributed by atoms with Crippen molar-refractivity contribution in [2.24, 2.45) is 5.92 Å². The van der Waals surface area contributed by atoms with Crippen molar-refractivity contribution >= 4 is 39.9 Å². The summed E-state index contributed by atoms with van der Waals surface area (Å²) in [5.41, 5.74) is -0.202. The molecule has 0 heterocycles. The van der Waals surface area contributed by atoms with Crippen LogP contribution in [0.3, 0.4) is 0 Å². The van der Waals surface area contributed by atoms with Crippen molar-refractivity contribution in [1.82, 2.24) is 0 Å². The van der Waals surface area contributed by atoms with E-state index in [0.717, 1.165) is 25.0 Å². The minimum Gasteiger partial charge on any atom is -0.481 e. The molecule has 2 N–H and O–H groups in total. The highest BCUT2D eigenvalue weighted by molar-refractivity contribution is 14.1. The Kier molecular flexibility index (Phi) is 4.96. The van der Waals surface area contributed by atoms with Gasteiger partial charge < -0.3 is 10.4 Å². The van der Waals surface area contributed by atoms with Gasteiger partial charge in [-0.05, 0) is 35.4 Å². The van der Waals surface area contributed by atoms with Crippen molar-refractivity contribution in [3.63, 3.8) is 0 Å². The Morgan fingerprint density at radius 1 is 1.43 bits per heavy atom. The zero-order valence-corrected chi connectivity index (χ0v) is 13.2. The summed E-state index contributed by atoms with van der Waals surface area (Å²) in [7, 11) is 0. The lowest BCUT2D eigenvalue weighted by atomic mass is 9.84. The number of rotatable bonds is 4. The third-order valence-corrected chi connectivity index (χ3v) is 4.49. The predicted octanol–water partition coefficient (Wildman–Crippen LogP) is 3.39. The molecule has 114 valence electrons. The van der Waals surface area contributed by atoms with Crippen LogP contribution in [0.25, 0.3) is 0 Å². The van der Waals surface area contributed by atoms with Gasteiger partial charge in [0.25, 0.3) is 5.69 Å². The van der Waals surface area contributed by atoms with E-state index in [0.29, 0.717) is 12.8 Å². The first-order valence-electron chi connectivity index (χ1n) is 6.53. The normalized spacial score (nSPS) is 21.8. The van der Waals surface area contributed by atoms with Gasteiger partial charge in [-0.15, -0.1) is 0 Å². The standard InChI is InChI=1S/C13H14FIN2O4/c14-8-5-11(12(17(20)21)6-9(8)15)16-10-4-2-1-3-7(10)13(18)19/h5-7,10,16H,1-4H2,(H,18,19). The summed E-state index contributed by atoms with van der Waals surface area (Å²) in [6, 6.07) is 1.79. The molecule has 0 aromatic heterocycles. The average Bonchev–Trinajstić information content (AvgIpc) is 2.42. The van der Waals surface area contributed by atoms with Crippen molar-refractivity contribution in [3.05, 3.63) is 31.6 Å². The zero-order chi connectivity index (χ0) is 15.6. The smallest absolute Gasteiger partial charge is 0.308 e. The van der Waals surface area contributed by atoms with Crippen LogP contribution in [0.1, 0.15) is 25.7 Å². The summed E-state index contributed by atoms with van der Waals surface area (Å²) in [4.78, 5) is 21.7. The molecule has 0 radical (unpaired) electrons. The highest BCUT2D eigenvalue weighted by Crippen LogP contribution is 2.33. The highest BCUT2D eigenvalue weighted by atomic mass is 127. The molecule has 0 amide bonds. The van der Waals surface area contributed by atoms with Gasteiger partial charge in [-0.25, -0.2) is 4.39 Å². The number of benzene rings is 1. The molecule has 2 unspecified atom stereocenters. The van der Waals surface area contributed by atoms with Crippen LogP contribution in [0.2, 0.25) is 0 Å². The van der Waals surface area contributed by atoms with E-state index >= 15 is 0 Å². The van der Waals surface area contributed by atoms with Crippen molar-refractivity contribution < 1.29 is 19.2 Å². The van der Waals surface area contributed by atoms with E-state index in [1.54, 1.807) is 22.6 Å². The number of nitrogens with zero attached hydrogens (tertiary/aromatic N) is 1. The van der Waals surface area contributed by atoms with E-state index in [2.05, 4.69) is 5.32 Å². The lowest BCUT2D eigenvalue weighted by Gasteiger charge is -2.29. The fraction of sp³-hybridized carbons (Fsp3) is 0.462. The molecule has 0 aliphatic heterocycles. The van der Waals surface area contributed by atoms with Gasteiger partial charge in [0.1, 0.15) is 11.5 Å². The summed E-state index contributed by atoms with van der Waals surface area (Å²) in [6.07, 6.45) is 2.79. The second kappa shape index (κ2) is 6.54. The molecule has 0 bridgehead atoms. The maximum atomic E-state index is 13.6. The van der Waals surface area contributed by atoms with Crippen LogP contribution in [0, 0.1) is 25.4 Å². The lowest BCUT2D eigenvalue weighted by Crippen LogP contribution is -2.37. The maximum absolute atomic E-state index is 13.6. The largest absolute Gasteiger partial charge is 0.481 e. The van der Waals surface area contributed by atoms with Gasteiger partial charge in [0, 0.05) is 18.2 Å². The van der Waals surface area contributed by atoms with Gasteiger partial charge in [-0.2, -0.15) is 0 Å². The van der Waals surface area contributed by atoms with Gasteiger partial charge in [-0.1, -0.05) is 12.8 Å². The summed E-state index contributed by atoms with van der Waals surface area (Å²) < 4.78 is 13.8. The molecule has 6 nitrogen and oxygen atoms in total. The number of halogens is 2. The van der Waals surface area contributed by atoms with Crippen molar-refractivity contribution in [2.45, 2.75) is 31.7 Å². The molecular weight excluding hydrogens is 394 g/mol. The minimum atomic E-state index is -0.930. The van der Waals surface area contributed by atoms with Gasteiger partial charge in [0.05, 0.1) is 14.4 Å². The van der Waals surface area contributed by atoms with Crippen molar-refractivity contribution in [2.75, 3.05) is 5.32 Å². The van der Waals surface area contributed by atoms with Crippen molar-refractivity contribution in [1.29, 1.82) is 0 Å². The molecule has 1 aliphatic carbocycles. The lowest BCUT2D eigenvalue weighted by molar-refractivity contribution is -0.384. The third kappa shape index (κ3) is 3.60. The fourth-order valence-corrected chi connectivity index (χ4v) is 3.05. The van der Waals surface area contributed by atoms with Crippen LogP contribution in [0.5, 0.6) is 0 Å². The Hall–Kier alpha value is -1.45. The quantitative estimate of drug-likeness (QED) is 0.453. The zero-order valence-electron chi connectivity index (χ0n) is 11.0. The van der Waals surface area contributed by atoms with Crippen LogP contribution in [0.15, 0.2) is 12.1 Å². The highest BCUT2D eigenvalue weighted by Gasteiger charge is 2.32. The first kappa shape index (κ1) is 15.9. The number of nitro benzene ring substituents is 1. The Morgan fingerprint density at radius 2 is 2.10 bits per heavy atom. The van der Waals surface area contributed by atoms with Crippen LogP contribution in [-0.4, -0.2) is 22.0 Å². The topological polar surface area (TPSA) is 92.5 Å². The Morgan fingerprint density at radius 3 is 2.71 bits per heavy atom. The molecule has 1 aliphatic rings. The second-order valence-electron chi connectivity index (χ2n) is 5.02. The van der Waals surface area contributed by atoms with E-state index in [4.69, 9.17) is 0 Å². The van der Waals surface area contributed by atoms with Crippen LogP contribution in [0.4, 0.5) is 15.8 Å². The molecule has 8 heteroatoms. The van der Waals surface area contributed by atoms with Gasteiger partial charge >= 0.3 is 5.97 Å². The number of carboxylic acid groups (broad SMARTS) is 1. The summed E-state index contributed by atoms with van der Waals surface area (Å²) >= 11 is 1.68. The van der Waals surface area contributed by atoms with Crippen molar-refractivity contribution in [3.8, 4) is 0 Å². The summed E-state index contributed by atoms with van der Waals surface area (Å²) in [6.45, 7) is 0. The van der Waals surface area contributed by atoms with Gasteiger partial charge in [-0.3, -0.25) is 14.9 Å². The maximum Gasteiger partial charge on any atom is 0.308 e. The first-order chi connectivity index (χ1) is 9.90. The van der Waals surface area contributed by atoms with E-state index in [1.807, 2.05) is 0 Å². The molecule has 2 atom stereocenters. The average molecular weight is 408 g/mol. The fourth-order valence-electron chi connectivity index (χ4n) is 2.60. The molecule has 0 saturated heterocycles. The van der Waals surface area contributed by atoms with E-state index in [9.17, 15) is 24.4 Å². The molecule has 0 spiro atoms. The molecular formula is C13H14FIN2O4. The van der Waals surface area contributed by atoms with Crippen LogP contribution >= 0.6 is 22.6 Å². The third-order valence-electron chi connectivity index (χ3n) is 3.66. The minimum absolute atomic E-state index is 0.0380. The van der Waals surface area contributed by atoms with E-state index in [-0.39, 0.29) is 14.9 Å². The molecule has 2 rings (SSSR count). The SMILES string of the molecule is O=C(O)C1CCCCC1Nc1cc(F)c(I)cc1[N+](=O)[O-]. The number of nitro groups is 1. The number of carbonyl (C=O) groups is 1. The van der Waals surface area contributed by atoms with E-state index < -0.39 is 28.7 Å². The first-order valence-corrected chi connectivity index (χ1v) is 7.61. The Balaban J connectivity index is 2.31. The number of anilines is 1. The second-order valence-corrected chi connectivity index (χ2v) is 6.18. The van der Waals surface area contributed by atoms with Crippen LogP contribution < -0.4 is 5.32 Å². The molecule has 1 aromatic carbocycles. The number of nitrogens with one attached hydrogen (secondary N) is 1. The Labute approximate surface area is 134 Å². The number of hydrogen-bond acceptors (Lipinski definition) is 4. The number of aliphatic carboxylic acids is 1. The van der Waals surface area contributed by atoms with Crippen LogP contribution in [-0.2, 0) is 4.79 Å². The number of hydrogen-bond donors (Lipinski definition) is 2.